The van der Waals surface area contributed by atoms with Crippen LogP contribution in [0.3, 0.4) is 0 Å². The number of hydrogen-bond donors (Lipinski definition) is 2. The highest BCUT2D eigenvalue weighted by molar-refractivity contribution is 5.92. The third-order valence-corrected chi connectivity index (χ3v) is 2.46. The molecule has 1 amide bonds. The van der Waals surface area contributed by atoms with Crippen molar-refractivity contribution in [3.8, 4) is 5.75 Å². The first kappa shape index (κ1) is 14.4. The van der Waals surface area contributed by atoms with Crippen LogP contribution in [0.4, 0.5) is 10.2 Å². The van der Waals surface area contributed by atoms with E-state index in [1.54, 1.807) is 0 Å². The molecule has 0 unspecified atom stereocenters. The second-order valence-electron chi connectivity index (χ2n) is 4.03. The normalized spacial score (nSPS) is 9.95. The second-order valence-corrected chi connectivity index (χ2v) is 4.03. The van der Waals surface area contributed by atoms with Gasteiger partial charge in [0.2, 0.25) is 0 Å². The van der Waals surface area contributed by atoms with E-state index in [1.165, 1.54) is 36.4 Å². The summed E-state index contributed by atoms with van der Waals surface area (Å²) >= 11 is 0. The van der Waals surface area contributed by atoms with Crippen LogP contribution in [-0.2, 0) is 4.79 Å². The largest absolute Gasteiger partial charge is 0.484 e. The molecular formula is C14H11FN2O4. The third kappa shape index (κ3) is 4.27. The maximum Gasteiger partial charge on any atom is 0.337 e. The number of amides is 1. The molecule has 6 nitrogen and oxygen atoms in total. The van der Waals surface area contributed by atoms with Crippen LogP contribution in [0.2, 0.25) is 0 Å². The molecule has 21 heavy (non-hydrogen) atoms. The van der Waals surface area contributed by atoms with Crippen molar-refractivity contribution in [2.75, 3.05) is 11.9 Å². The molecule has 108 valence electrons. The summed E-state index contributed by atoms with van der Waals surface area (Å²) in [6, 6.07) is 7.95. The van der Waals surface area contributed by atoms with E-state index >= 15 is 0 Å². The van der Waals surface area contributed by atoms with Crippen molar-refractivity contribution in [3.05, 3.63) is 54.0 Å². The van der Waals surface area contributed by atoms with Gasteiger partial charge in [-0.05, 0) is 36.4 Å². The molecule has 7 heteroatoms. The van der Waals surface area contributed by atoms with Gasteiger partial charge in [-0.3, -0.25) is 4.79 Å². The van der Waals surface area contributed by atoms with Crippen LogP contribution in [0.1, 0.15) is 10.4 Å². The molecule has 1 aromatic heterocycles. The van der Waals surface area contributed by atoms with Crippen LogP contribution in [-0.4, -0.2) is 28.6 Å². The molecule has 0 bridgehead atoms. The number of nitrogens with zero attached hydrogens (tertiary/aromatic N) is 1. The molecule has 0 radical (unpaired) electrons. The average Bonchev–Trinajstić information content (AvgIpc) is 2.47. The van der Waals surface area contributed by atoms with Gasteiger partial charge < -0.3 is 15.2 Å². The summed E-state index contributed by atoms with van der Waals surface area (Å²) < 4.78 is 17.8. The number of carbonyl (C=O) groups excluding carboxylic acids is 1. The molecule has 2 aromatic rings. The molecule has 1 heterocycles. The van der Waals surface area contributed by atoms with E-state index < -0.39 is 17.7 Å². The Morgan fingerprint density at radius 1 is 1.19 bits per heavy atom. The van der Waals surface area contributed by atoms with E-state index in [9.17, 15) is 14.0 Å². The standard InChI is InChI=1S/C14H11FN2O4/c15-10-2-4-11(5-3-10)21-8-13(18)17-12-6-1-9(7-16-12)14(19)20/h1-7H,8H2,(H,19,20)(H,16,17,18). The second kappa shape index (κ2) is 6.47. The highest BCUT2D eigenvalue weighted by Gasteiger charge is 2.07. The van der Waals surface area contributed by atoms with Gasteiger partial charge in [0.05, 0.1) is 5.56 Å². The van der Waals surface area contributed by atoms with Gasteiger partial charge in [0.25, 0.3) is 5.91 Å². The fourth-order valence-corrected chi connectivity index (χ4v) is 1.45. The van der Waals surface area contributed by atoms with Gasteiger partial charge in [0.15, 0.2) is 6.61 Å². The van der Waals surface area contributed by atoms with Gasteiger partial charge in [0.1, 0.15) is 17.4 Å². The maximum absolute atomic E-state index is 12.7. The molecule has 0 aliphatic heterocycles. The molecule has 0 fully saturated rings. The lowest BCUT2D eigenvalue weighted by atomic mass is 10.3. The molecule has 0 aliphatic carbocycles. The van der Waals surface area contributed by atoms with Crippen molar-refractivity contribution in [1.82, 2.24) is 4.98 Å². The smallest absolute Gasteiger partial charge is 0.337 e. The maximum atomic E-state index is 12.7. The topological polar surface area (TPSA) is 88.5 Å². The summed E-state index contributed by atoms with van der Waals surface area (Å²) in [6.45, 7) is -0.270. The summed E-state index contributed by atoms with van der Waals surface area (Å²) in [7, 11) is 0. The Morgan fingerprint density at radius 2 is 1.90 bits per heavy atom. The Kier molecular flexibility index (Phi) is 4.45. The van der Waals surface area contributed by atoms with E-state index in [2.05, 4.69) is 10.3 Å². The van der Waals surface area contributed by atoms with E-state index in [4.69, 9.17) is 9.84 Å². The number of anilines is 1. The van der Waals surface area contributed by atoms with Crippen molar-refractivity contribution >= 4 is 17.7 Å². The van der Waals surface area contributed by atoms with Crippen LogP contribution < -0.4 is 10.1 Å². The molecular weight excluding hydrogens is 279 g/mol. The summed E-state index contributed by atoms with van der Waals surface area (Å²) in [5, 5.41) is 11.2. The fraction of sp³-hybridized carbons (Fsp3) is 0.0714. The minimum Gasteiger partial charge on any atom is -0.484 e. The van der Waals surface area contributed by atoms with Crippen LogP contribution in [0.5, 0.6) is 5.75 Å². The number of carboxylic acid groups (broad SMARTS) is 1. The zero-order chi connectivity index (χ0) is 15.2. The van der Waals surface area contributed by atoms with Crippen molar-refractivity contribution in [2.24, 2.45) is 0 Å². The number of hydrogen-bond acceptors (Lipinski definition) is 4. The van der Waals surface area contributed by atoms with E-state index in [-0.39, 0.29) is 18.0 Å². The Balaban J connectivity index is 1.86. The van der Waals surface area contributed by atoms with Gasteiger partial charge in [-0.2, -0.15) is 0 Å². The van der Waals surface area contributed by atoms with Gasteiger partial charge >= 0.3 is 5.97 Å². The molecule has 0 aliphatic rings. The van der Waals surface area contributed by atoms with Crippen LogP contribution >= 0.6 is 0 Å². The summed E-state index contributed by atoms with van der Waals surface area (Å²) in [5.41, 5.74) is 0.0237. The zero-order valence-electron chi connectivity index (χ0n) is 10.7. The highest BCUT2D eigenvalue weighted by Crippen LogP contribution is 2.11. The molecule has 1 aromatic carbocycles. The van der Waals surface area contributed by atoms with Gasteiger partial charge in [0, 0.05) is 6.20 Å². The predicted octanol–water partition coefficient (Wildman–Crippen LogP) is 1.94. The fourth-order valence-electron chi connectivity index (χ4n) is 1.45. The predicted molar refractivity (Wildman–Crippen MR) is 71.7 cm³/mol. The van der Waals surface area contributed by atoms with Crippen molar-refractivity contribution < 1.29 is 23.8 Å². The zero-order valence-corrected chi connectivity index (χ0v) is 10.7. The molecule has 0 saturated carbocycles. The van der Waals surface area contributed by atoms with Gasteiger partial charge in [-0.1, -0.05) is 0 Å². The minimum absolute atomic E-state index is 0.0237. The lowest BCUT2D eigenvalue weighted by molar-refractivity contribution is -0.118. The average molecular weight is 290 g/mol. The van der Waals surface area contributed by atoms with Crippen molar-refractivity contribution in [2.45, 2.75) is 0 Å². The number of benzene rings is 1. The van der Waals surface area contributed by atoms with Crippen molar-refractivity contribution in [1.29, 1.82) is 0 Å². The number of aromatic nitrogens is 1. The lowest BCUT2D eigenvalue weighted by Crippen LogP contribution is -2.20. The van der Waals surface area contributed by atoms with Crippen LogP contribution in [0.25, 0.3) is 0 Å². The van der Waals surface area contributed by atoms with E-state index in [0.717, 1.165) is 6.20 Å². The highest BCUT2D eigenvalue weighted by atomic mass is 19.1. The number of halogens is 1. The monoisotopic (exact) mass is 290 g/mol. The Bertz CT molecular complexity index is 641. The van der Waals surface area contributed by atoms with Gasteiger partial charge in [-0.15, -0.1) is 0 Å². The summed E-state index contributed by atoms with van der Waals surface area (Å²) in [6.07, 6.45) is 1.14. The molecule has 2 N–H and O–H groups in total. The molecule has 2 rings (SSSR count). The number of carbonyl (C=O) groups is 2. The number of aromatic carboxylic acids is 1. The quantitative estimate of drug-likeness (QED) is 0.878. The molecule has 0 spiro atoms. The Hall–Kier alpha value is -2.96. The first-order valence-electron chi connectivity index (χ1n) is 5.92. The van der Waals surface area contributed by atoms with Gasteiger partial charge in [-0.25, -0.2) is 14.2 Å². The Morgan fingerprint density at radius 3 is 2.48 bits per heavy atom. The summed E-state index contributed by atoms with van der Waals surface area (Å²) in [5.74, 6) is -1.38. The van der Waals surface area contributed by atoms with Crippen molar-refractivity contribution in [3.63, 3.8) is 0 Å². The first-order chi connectivity index (χ1) is 10.0. The van der Waals surface area contributed by atoms with E-state index in [1.807, 2.05) is 0 Å². The number of pyridine rings is 1. The first-order valence-corrected chi connectivity index (χ1v) is 5.92. The third-order valence-electron chi connectivity index (χ3n) is 2.46. The SMILES string of the molecule is O=C(COc1ccc(F)cc1)Nc1ccc(C(=O)O)cn1. The minimum atomic E-state index is -1.10. The van der Waals surface area contributed by atoms with Crippen LogP contribution in [0, 0.1) is 5.82 Å². The Labute approximate surface area is 119 Å². The number of ether oxygens (including phenoxy) is 1. The van der Waals surface area contributed by atoms with E-state index in [0.29, 0.717) is 5.75 Å². The number of rotatable bonds is 5. The number of nitrogens with one attached hydrogen (secondary N) is 1. The van der Waals surface area contributed by atoms with Crippen LogP contribution in [0.15, 0.2) is 42.6 Å². The number of carboxylic acids is 1. The lowest BCUT2D eigenvalue weighted by Gasteiger charge is -2.07. The molecule has 0 atom stereocenters. The summed E-state index contributed by atoms with van der Waals surface area (Å²) in [4.78, 5) is 26.0. The molecule has 0 saturated heterocycles.